The van der Waals surface area contributed by atoms with E-state index in [4.69, 9.17) is 23.7 Å². The third kappa shape index (κ3) is 2.10. The van der Waals surface area contributed by atoms with Gasteiger partial charge in [0.15, 0.2) is 5.79 Å². The summed E-state index contributed by atoms with van der Waals surface area (Å²) in [5, 5.41) is 0. The highest BCUT2D eigenvalue weighted by molar-refractivity contribution is 5.43. The molecule has 0 N–H and O–H groups in total. The number of methoxy groups -OCH3 is 4. The Morgan fingerprint density at radius 2 is 1.79 bits per heavy atom. The van der Waals surface area contributed by atoms with Crippen LogP contribution in [0.5, 0.6) is 0 Å². The number of rotatable bonds is 5. The van der Waals surface area contributed by atoms with Crippen molar-refractivity contribution < 1.29 is 23.7 Å². The first-order valence-corrected chi connectivity index (χ1v) is 10.9. The summed E-state index contributed by atoms with van der Waals surface area (Å²) in [4.78, 5) is 0. The first-order valence-electron chi connectivity index (χ1n) is 10.9. The molecule has 0 aromatic carbocycles. The van der Waals surface area contributed by atoms with Crippen LogP contribution in [0.4, 0.5) is 0 Å². The fourth-order valence-corrected chi connectivity index (χ4v) is 7.97. The zero-order valence-corrected chi connectivity index (χ0v) is 18.1. The van der Waals surface area contributed by atoms with Crippen LogP contribution in [0.3, 0.4) is 0 Å². The van der Waals surface area contributed by atoms with E-state index in [-0.39, 0.29) is 22.2 Å². The highest BCUT2D eigenvalue weighted by Gasteiger charge is 2.79. The zero-order chi connectivity index (χ0) is 19.8. The van der Waals surface area contributed by atoms with Crippen LogP contribution in [0.1, 0.15) is 58.3 Å². The molecule has 0 amide bonds. The van der Waals surface area contributed by atoms with Gasteiger partial charge in [0.05, 0.1) is 12.2 Å². The Labute approximate surface area is 169 Å². The Hall–Kier alpha value is -0.460. The lowest BCUT2D eigenvalue weighted by molar-refractivity contribution is -0.229. The first-order chi connectivity index (χ1) is 13.4. The molecule has 5 rings (SSSR count). The average molecular weight is 393 g/mol. The summed E-state index contributed by atoms with van der Waals surface area (Å²) in [6.07, 6.45) is 11.0. The van der Waals surface area contributed by atoms with Gasteiger partial charge in [0.1, 0.15) is 11.2 Å². The highest BCUT2D eigenvalue weighted by atomic mass is 16.7. The van der Waals surface area contributed by atoms with Crippen LogP contribution in [0.25, 0.3) is 0 Å². The molecule has 4 aliphatic carbocycles. The summed E-state index contributed by atoms with van der Waals surface area (Å²) in [5.41, 5.74) is 1.42. The number of epoxide rings is 1. The van der Waals surface area contributed by atoms with E-state index in [1.54, 1.807) is 26.9 Å². The van der Waals surface area contributed by atoms with Gasteiger partial charge in [0, 0.05) is 46.7 Å². The van der Waals surface area contributed by atoms with Crippen molar-refractivity contribution in [2.24, 2.45) is 17.3 Å². The van der Waals surface area contributed by atoms with Crippen molar-refractivity contribution in [1.82, 2.24) is 0 Å². The molecule has 28 heavy (non-hydrogen) atoms. The Morgan fingerprint density at radius 3 is 2.46 bits per heavy atom. The third-order valence-electron chi connectivity index (χ3n) is 9.66. The van der Waals surface area contributed by atoms with E-state index in [9.17, 15) is 0 Å². The van der Waals surface area contributed by atoms with E-state index in [0.717, 1.165) is 38.5 Å². The predicted octanol–water partition coefficient (Wildman–Crippen LogP) is 3.86. The summed E-state index contributed by atoms with van der Waals surface area (Å²) in [7, 11) is 7.21. The van der Waals surface area contributed by atoms with Crippen LogP contribution in [-0.2, 0) is 23.7 Å². The maximum absolute atomic E-state index is 6.67. The second kappa shape index (κ2) is 6.04. The van der Waals surface area contributed by atoms with Crippen molar-refractivity contribution in [2.75, 3.05) is 35.0 Å². The van der Waals surface area contributed by atoms with Gasteiger partial charge < -0.3 is 23.7 Å². The van der Waals surface area contributed by atoms with Crippen molar-refractivity contribution in [1.29, 1.82) is 0 Å². The molecule has 1 heterocycles. The van der Waals surface area contributed by atoms with Gasteiger partial charge >= 0.3 is 0 Å². The van der Waals surface area contributed by atoms with E-state index in [1.165, 1.54) is 12.8 Å². The van der Waals surface area contributed by atoms with Gasteiger partial charge in [-0.2, -0.15) is 0 Å². The van der Waals surface area contributed by atoms with Gasteiger partial charge in [-0.1, -0.05) is 13.0 Å². The van der Waals surface area contributed by atoms with Crippen molar-refractivity contribution in [2.45, 2.75) is 80.9 Å². The van der Waals surface area contributed by atoms with Gasteiger partial charge in [-0.25, -0.2) is 0 Å². The number of ether oxygens (including phenoxy) is 5. The second-order valence-electron chi connectivity index (χ2n) is 10.1. The molecule has 1 aliphatic heterocycles. The summed E-state index contributed by atoms with van der Waals surface area (Å²) >= 11 is 0. The maximum Gasteiger partial charge on any atom is 0.170 e. The quantitative estimate of drug-likeness (QED) is 0.404. The van der Waals surface area contributed by atoms with Crippen LogP contribution in [0.2, 0.25) is 0 Å². The third-order valence-corrected chi connectivity index (χ3v) is 9.66. The molecular formula is C23H36O5. The van der Waals surface area contributed by atoms with Crippen LogP contribution < -0.4 is 0 Å². The molecule has 1 unspecified atom stereocenters. The largest absolute Gasteiger partial charge is 0.382 e. The van der Waals surface area contributed by atoms with Gasteiger partial charge in [-0.05, 0) is 55.9 Å². The molecule has 1 saturated heterocycles. The molecule has 5 aliphatic rings. The fraction of sp³-hybridized carbons (Fsp3) is 0.913. The number of hydrogen-bond acceptors (Lipinski definition) is 5. The molecule has 0 radical (unpaired) electrons. The smallest absolute Gasteiger partial charge is 0.170 e. The first kappa shape index (κ1) is 19.5. The minimum Gasteiger partial charge on any atom is -0.382 e. The lowest BCUT2D eigenvalue weighted by Gasteiger charge is -2.53. The fourth-order valence-electron chi connectivity index (χ4n) is 7.97. The molecule has 0 aromatic rings. The van der Waals surface area contributed by atoms with Crippen LogP contribution in [0.15, 0.2) is 11.6 Å². The Kier molecular flexibility index (Phi) is 4.21. The topological polar surface area (TPSA) is 49.5 Å². The van der Waals surface area contributed by atoms with E-state index >= 15 is 0 Å². The van der Waals surface area contributed by atoms with Crippen LogP contribution in [0, 0.1) is 17.3 Å². The average Bonchev–Trinajstić information content (AvgIpc) is 3.32. The number of allylic oxidation sites excluding steroid dienone is 1. The Bertz CT molecular complexity index is 686. The maximum atomic E-state index is 6.67. The molecule has 158 valence electrons. The van der Waals surface area contributed by atoms with Crippen molar-refractivity contribution in [3.63, 3.8) is 0 Å². The molecule has 0 aromatic heterocycles. The van der Waals surface area contributed by atoms with E-state index in [0.29, 0.717) is 18.4 Å². The van der Waals surface area contributed by atoms with Crippen molar-refractivity contribution in [3.8, 4) is 0 Å². The summed E-state index contributed by atoms with van der Waals surface area (Å²) in [5.74, 6) is 0.782. The normalized spacial score (nSPS) is 50.8. The molecule has 5 heteroatoms. The molecule has 6 atom stereocenters. The SMILES string of the molecule is COC[C@]1(OC)CC[C@H]2[C@@H]3CCC45CC(OC)(OC)CC[C@@]4(O5)C3=CC[C@@]21C. The Morgan fingerprint density at radius 1 is 1.00 bits per heavy atom. The van der Waals surface area contributed by atoms with Gasteiger partial charge in [-0.15, -0.1) is 0 Å². The monoisotopic (exact) mass is 392 g/mol. The Balaban J connectivity index is 1.47. The molecule has 3 saturated carbocycles. The molecule has 0 bridgehead atoms. The summed E-state index contributed by atoms with van der Waals surface area (Å²) in [6.45, 7) is 3.12. The summed E-state index contributed by atoms with van der Waals surface area (Å²) in [6, 6.07) is 0. The van der Waals surface area contributed by atoms with Crippen LogP contribution >= 0.6 is 0 Å². The van der Waals surface area contributed by atoms with Gasteiger partial charge in [0.25, 0.3) is 0 Å². The predicted molar refractivity (Wildman–Crippen MR) is 105 cm³/mol. The molecular weight excluding hydrogens is 356 g/mol. The number of hydrogen-bond donors (Lipinski definition) is 0. The van der Waals surface area contributed by atoms with Gasteiger partial charge in [-0.3, -0.25) is 0 Å². The minimum absolute atomic E-state index is 0.0582. The lowest BCUT2D eigenvalue weighted by atomic mass is 9.53. The molecule has 5 nitrogen and oxygen atoms in total. The lowest BCUT2D eigenvalue weighted by Crippen LogP contribution is -2.56. The van der Waals surface area contributed by atoms with E-state index in [1.807, 2.05) is 7.11 Å². The standard InChI is InChI=1S/C23H36O5/c1-19-9-7-18-16(17(19)8-11-21(19,25-3)15-24-2)6-10-20-14-22(26-4,27-5)12-13-23(18,20)28-20/h7,16-17H,6,8-15H2,1-5H3/t16-,17-,19-,20?,21+,23+/m0/s1. The van der Waals surface area contributed by atoms with Crippen molar-refractivity contribution >= 4 is 0 Å². The van der Waals surface area contributed by atoms with Crippen LogP contribution in [-0.4, -0.2) is 57.6 Å². The number of fused-ring (bicyclic) bond motifs is 3. The summed E-state index contributed by atoms with van der Waals surface area (Å²) < 4.78 is 30.1. The van der Waals surface area contributed by atoms with E-state index < -0.39 is 5.79 Å². The molecule has 4 fully saturated rings. The van der Waals surface area contributed by atoms with Crippen molar-refractivity contribution in [3.05, 3.63) is 11.6 Å². The van der Waals surface area contributed by atoms with Gasteiger partial charge in [0.2, 0.25) is 0 Å². The van der Waals surface area contributed by atoms with E-state index in [2.05, 4.69) is 13.0 Å². The molecule has 0 spiro atoms. The zero-order valence-electron chi connectivity index (χ0n) is 18.1. The second-order valence-corrected chi connectivity index (χ2v) is 10.1. The highest BCUT2D eigenvalue weighted by Crippen LogP contribution is 2.74. The minimum atomic E-state index is -0.479.